The van der Waals surface area contributed by atoms with Crippen LogP contribution in [0, 0.1) is 0 Å². The smallest absolute Gasteiger partial charge is 0.266 e. The average molecular weight is 828 g/mol. The second-order valence-electron chi connectivity index (χ2n) is 17.6. The van der Waals surface area contributed by atoms with Gasteiger partial charge in [-0.25, -0.2) is 0 Å². The summed E-state index contributed by atoms with van der Waals surface area (Å²) in [5, 5.41) is 23.7. The molecular weight excluding hydrogens is 731 g/mol. The van der Waals surface area contributed by atoms with Gasteiger partial charge in [0, 0.05) is 0 Å². The summed E-state index contributed by atoms with van der Waals surface area (Å²) in [5.74, 6) is -1.45. The van der Waals surface area contributed by atoms with E-state index in [2.05, 4.69) is 31.3 Å². The van der Waals surface area contributed by atoms with Gasteiger partial charge in [0.2, 0.25) is 5.91 Å². The first-order chi connectivity index (χ1) is 27.7. The number of amides is 1. The first-order valence-corrected chi connectivity index (χ1v) is 26.6. The maximum atomic E-state index is 12.7. The molecule has 0 aliphatic carbocycles. The normalized spacial score (nSPS) is 13.7. The lowest BCUT2D eigenvalue weighted by molar-refractivity contribution is -0.131. The quantitative estimate of drug-likeness (QED) is 0.0275. The third kappa shape index (κ3) is 43.0. The highest BCUT2D eigenvalue weighted by Crippen LogP contribution is 2.17. The zero-order valence-corrected chi connectivity index (χ0v) is 38.7. The third-order valence-corrected chi connectivity index (χ3v) is 12.6. The molecule has 3 unspecified atom stereocenters. The van der Waals surface area contributed by atoms with E-state index in [0.717, 1.165) is 51.4 Å². The van der Waals surface area contributed by atoms with Gasteiger partial charge in [0.15, 0.2) is 0 Å². The van der Waals surface area contributed by atoms with Crippen LogP contribution in [0.3, 0.4) is 0 Å². The van der Waals surface area contributed by atoms with E-state index in [9.17, 15) is 28.0 Å². The number of aliphatic hydroxyl groups is 2. The summed E-state index contributed by atoms with van der Waals surface area (Å²) in [6.45, 7) is 4.54. The molecule has 0 aromatic carbocycles. The topological polar surface area (TPSA) is 124 Å². The van der Waals surface area contributed by atoms with E-state index in [1.807, 2.05) is 0 Å². The van der Waals surface area contributed by atoms with Gasteiger partial charge in [-0.1, -0.05) is 244 Å². The zero-order chi connectivity index (χ0) is 41.9. The predicted molar refractivity (Wildman–Crippen MR) is 246 cm³/mol. The Morgan fingerprint density at radius 2 is 0.737 bits per heavy atom. The van der Waals surface area contributed by atoms with Crippen molar-refractivity contribution in [3.8, 4) is 0 Å². The molecule has 3 atom stereocenters. The molecule has 7 nitrogen and oxygen atoms in total. The second kappa shape index (κ2) is 43.1. The predicted octanol–water partition coefficient (Wildman–Crippen LogP) is 14.3. The van der Waals surface area contributed by atoms with Gasteiger partial charge in [-0.05, 0) is 38.5 Å². The van der Waals surface area contributed by atoms with Gasteiger partial charge in [-0.3, -0.25) is 9.35 Å². The number of unbranched alkanes of at least 4 members (excludes halogenated alkanes) is 35. The minimum Gasteiger partial charge on any atom is -0.391 e. The van der Waals surface area contributed by atoms with E-state index in [1.54, 1.807) is 0 Å². The Hall–Kier alpha value is -0.960. The number of hydrogen-bond acceptors (Lipinski definition) is 5. The zero-order valence-electron chi connectivity index (χ0n) is 37.9. The lowest BCUT2D eigenvalue weighted by atomic mass is 10.0. The molecule has 0 rings (SSSR count). The van der Waals surface area contributed by atoms with Crippen molar-refractivity contribution in [2.45, 2.75) is 289 Å². The molecule has 0 radical (unpaired) electrons. The molecular formula is C49H97NO6S. The van der Waals surface area contributed by atoms with Crippen molar-refractivity contribution in [1.82, 2.24) is 5.32 Å². The van der Waals surface area contributed by atoms with Gasteiger partial charge in [-0.2, -0.15) is 8.42 Å². The van der Waals surface area contributed by atoms with E-state index in [-0.39, 0.29) is 0 Å². The average Bonchev–Trinajstić information content (AvgIpc) is 3.18. The molecule has 8 heteroatoms. The van der Waals surface area contributed by atoms with Crippen molar-refractivity contribution in [2.75, 3.05) is 5.75 Å². The van der Waals surface area contributed by atoms with Crippen molar-refractivity contribution in [3.63, 3.8) is 0 Å². The van der Waals surface area contributed by atoms with Gasteiger partial charge in [0.1, 0.15) is 6.10 Å². The van der Waals surface area contributed by atoms with Crippen LogP contribution in [-0.2, 0) is 14.9 Å². The summed E-state index contributed by atoms with van der Waals surface area (Å²) in [6, 6.07) is -1.15. The molecule has 0 aromatic rings. The Morgan fingerprint density at radius 1 is 0.456 bits per heavy atom. The molecule has 0 saturated heterocycles. The SMILES string of the molecule is CCCCCCCCCCC/C=C\CCCCCCCCC(O)C(=O)NC(CS(=O)(=O)O)C(O)CCCCCCCCCCCCCCCCCCCCCCC. The Balaban J connectivity index is 3.86. The van der Waals surface area contributed by atoms with Crippen molar-refractivity contribution < 1.29 is 28.0 Å². The summed E-state index contributed by atoms with van der Waals surface area (Å²) in [6.07, 6.45) is 50.9. The molecule has 57 heavy (non-hydrogen) atoms. The standard InChI is InChI=1S/C49H97NO6S/c1-3-5-7-9-11-13-15-17-19-21-23-24-26-27-29-31-33-35-37-39-41-43-47(51)46(45-57(54,55)56)50-49(53)48(52)44-42-40-38-36-34-32-30-28-25-22-20-18-16-14-12-10-8-6-4-2/h25,28,46-48,51-52H,3-24,26-27,29-45H2,1-2H3,(H,50,53)(H,54,55,56)/b28-25-. The van der Waals surface area contributed by atoms with Gasteiger partial charge in [0.05, 0.1) is 17.9 Å². The number of carbonyl (C=O) groups excluding carboxylic acids is 1. The molecule has 0 aliphatic rings. The largest absolute Gasteiger partial charge is 0.391 e. The first kappa shape index (κ1) is 56.0. The van der Waals surface area contributed by atoms with Crippen LogP contribution in [-0.4, -0.2) is 53.1 Å². The van der Waals surface area contributed by atoms with Crippen LogP contribution in [0.5, 0.6) is 0 Å². The second-order valence-corrected chi connectivity index (χ2v) is 19.1. The summed E-state index contributed by atoms with van der Waals surface area (Å²) in [5.41, 5.74) is 0. The Labute approximate surface area is 354 Å². The van der Waals surface area contributed by atoms with E-state index >= 15 is 0 Å². The van der Waals surface area contributed by atoms with Crippen LogP contribution < -0.4 is 5.32 Å². The number of nitrogens with one attached hydrogen (secondary N) is 1. The van der Waals surface area contributed by atoms with Gasteiger partial charge < -0.3 is 15.5 Å². The Bertz CT molecular complexity index is 973. The molecule has 0 fully saturated rings. The van der Waals surface area contributed by atoms with E-state index in [4.69, 9.17) is 0 Å². The van der Waals surface area contributed by atoms with Crippen molar-refractivity contribution >= 4 is 16.0 Å². The number of allylic oxidation sites excluding steroid dienone is 2. The molecule has 0 aromatic heterocycles. The fraction of sp³-hybridized carbons (Fsp3) is 0.939. The van der Waals surface area contributed by atoms with Crippen LogP contribution in [0.4, 0.5) is 0 Å². The maximum Gasteiger partial charge on any atom is 0.266 e. The van der Waals surface area contributed by atoms with Crippen LogP contribution in [0.1, 0.15) is 271 Å². The van der Waals surface area contributed by atoms with Crippen molar-refractivity contribution in [3.05, 3.63) is 12.2 Å². The van der Waals surface area contributed by atoms with Crippen LogP contribution >= 0.6 is 0 Å². The Kier molecular flexibility index (Phi) is 42.4. The van der Waals surface area contributed by atoms with Crippen molar-refractivity contribution in [1.29, 1.82) is 0 Å². The molecule has 0 bridgehead atoms. The summed E-state index contributed by atoms with van der Waals surface area (Å²) < 4.78 is 32.8. The lowest BCUT2D eigenvalue weighted by Gasteiger charge is -2.24. The maximum absolute atomic E-state index is 12.7. The molecule has 340 valence electrons. The highest BCUT2D eigenvalue weighted by Gasteiger charge is 2.28. The molecule has 4 N–H and O–H groups in total. The summed E-state index contributed by atoms with van der Waals surface area (Å²) in [4.78, 5) is 12.7. The summed E-state index contributed by atoms with van der Waals surface area (Å²) in [7, 11) is -4.41. The van der Waals surface area contributed by atoms with E-state index in [1.165, 1.54) is 186 Å². The van der Waals surface area contributed by atoms with Crippen LogP contribution in [0.25, 0.3) is 0 Å². The van der Waals surface area contributed by atoms with Gasteiger partial charge in [0.25, 0.3) is 10.1 Å². The van der Waals surface area contributed by atoms with E-state index < -0.39 is 40.0 Å². The molecule has 0 spiro atoms. The van der Waals surface area contributed by atoms with Crippen molar-refractivity contribution in [2.24, 2.45) is 0 Å². The van der Waals surface area contributed by atoms with Gasteiger partial charge in [-0.15, -0.1) is 0 Å². The molecule has 0 aliphatic heterocycles. The number of hydrogen-bond donors (Lipinski definition) is 4. The fourth-order valence-electron chi connectivity index (χ4n) is 7.99. The number of aliphatic hydroxyl groups excluding tert-OH is 2. The minimum absolute atomic E-state index is 0.293. The highest BCUT2D eigenvalue weighted by atomic mass is 32.2. The monoisotopic (exact) mass is 828 g/mol. The fourth-order valence-corrected chi connectivity index (χ4v) is 8.75. The van der Waals surface area contributed by atoms with Gasteiger partial charge >= 0.3 is 0 Å². The molecule has 0 saturated carbocycles. The molecule has 0 heterocycles. The first-order valence-electron chi connectivity index (χ1n) is 25.0. The minimum atomic E-state index is -4.41. The summed E-state index contributed by atoms with van der Waals surface area (Å²) >= 11 is 0. The van der Waals surface area contributed by atoms with Crippen LogP contribution in [0.2, 0.25) is 0 Å². The van der Waals surface area contributed by atoms with Crippen LogP contribution in [0.15, 0.2) is 12.2 Å². The number of rotatable bonds is 46. The Morgan fingerprint density at radius 3 is 1.05 bits per heavy atom. The number of carbonyl (C=O) groups is 1. The lowest BCUT2D eigenvalue weighted by Crippen LogP contribution is -2.50. The highest BCUT2D eigenvalue weighted by molar-refractivity contribution is 7.85. The van der Waals surface area contributed by atoms with E-state index in [0.29, 0.717) is 19.3 Å². The molecule has 1 amide bonds. The third-order valence-electron chi connectivity index (χ3n) is 11.8.